The molecule has 0 atom stereocenters. The van der Waals surface area contributed by atoms with Crippen molar-refractivity contribution in [3.8, 4) is 0 Å². The van der Waals surface area contributed by atoms with Crippen LogP contribution in [0.5, 0.6) is 0 Å². The maximum absolute atomic E-state index is 12.2. The van der Waals surface area contributed by atoms with Crippen molar-refractivity contribution in [1.82, 2.24) is 0 Å². The molecule has 21 heavy (non-hydrogen) atoms. The maximum Gasteiger partial charge on any atom is 0.338 e. The predicted molar refractivity (Wildman–Crippen MR) is 79.3 cm³/mol. The van der Waals surface area contributed by atoms with Crippen molar-refractivity contribution in [1.29, 1.82) is 0 Å². The first-order valence-corrected chi connectivity index (χ1v) is 8.91. The van der Waals surface area contributed by atoms with Crippen LogP contribution in [0, 0.1) is 12.8 Å². The number of esters is 1. The summed E-state index contributed by atoms with van der Waals surface area (Å²) in [6.45, 7) is 6.09. The van der Waals surface area contributed by atoms with E-state index in [9.17, 15) is 13.2 Å². The van der Waals surface area contributed by atoms with Crippen LogP contribution < -0.4 is 0 Å². The lowest BCUT2D eigenvalue weighted by Crippen LogP contribution is -2.21. The van der Waals surface area contributed by atoms with Gasteiger partial charge in [0.25, 0.3) is 0 Å². The first kappa shape index (κ1) is 14.6. The molecule has 0 saturated heterocycles. The van der Waals surface area contributed by atoms with Gasteiger partial charge in [-0.15, -0.1) is 0 Å². The number of rotatable bonds is 3. The van der Waals surface area contributed by atoms with Crippen LogP contribution in [0.2, 0.25) is 0 Å². The van der Waals surface area contributed by atoms with E-state index in [0.717, 1.165) is 24.0 Å². The van der Waals surface area contributed by atoms with Crippen LogP contribution in [0.3, 0.4) is 0 Å². The molecule has 5 heteroatoms. The number of carbonyl (C=O) groups excluding carboxylic acids is 1. The van der Waals surface area contributed by atoms with E-state index in [-0.39, 0.29) is 11.7 Å². The number of fused-ring (bicyclic) bond motifs is 1. The maximum atomic E-state index is 12.2. The number of sulfone groups is 1. The van der Waals surface area contributed by atoms with E-state index in [4.69, 9.17) is 4.74 Å². The minimum Gasteiger partial charge on any atom is -0.462 e. The average molecular weight is 308 g/mol. The molecule has 0 N–H and O–H groups in total. The molecule has 3 rings (SSSR count). The molecule has 1 heterocycles. The fourth-order valence-electron chi connectivity index (χ4n) is 3.19. The van der Waals surface area contributed by atoms with Crippen molar-refractivity contribution < 1.29 is 17.9 Å². The Bertz CT molecular complexity index is 712. The van der Waals surface area contributed by atoms with Crippen LogP contribution in [0.1, 0.15) is 48.2 Å². The zero-order valence-corrected chi connectivity index (χ0v) is 13.4. The fraction of sp³-hybridized carbons (Fsp3) is 0.562. The molecular weight excluding hydrogens is 288 g/mol. The highest BCUT2D eigenvalue weighted by Gasteiger charge is 2.42. The average Bonchev–Trinajstić information content (AvgIpc) is 3.14. The van der Waals surface area contributed by atoms with Crippen molar-refractivity contribution in [3.63, 3.8) is 0 Å². The van der Waals surface area contributed by atoms with Gasteiger partial charge < -0.3 is 4.74 Å². The Balaban J connectivity index is 2.00. The monoisotopic (exact) mass is 308 g/mol. The smallest absolute Gasteiger partial charge is 0.338 e. The predicted octanol–water partition coefficient (Wildman–Crippen LogP) is 2.63. The molecule has 114 valence electrons. The lowest BCUT2D eigenvalue weighted by atomic mass is 9.82. The van der Waals surface area contributed by atoms with E-state index in [0.29, 0.717) is 23.0 Å². The molecule has 1 aromatic rings. The Hall–Kier alpha value is -1.36. The van der Waals surface area contributed by atoms with Crippen LogP contribution in [0.15, 0.2) is 17.0 Å². The van der Waals surface area contributed by atoms with Crippen molar-refractivity contribution >= 4 is 15.8 Å². The number of carbonyl (C=O) groups is 1. The molecule has 0 bridgehead atoms. The van der Waals surface area contributed by atoms with Gasteiger partial charge in [0.05, 0.1) is 22.8 Å². The quantitative estimate of drug-likeness (QED) is 0.805. The van der Waals surface area contributed by atoms with E-state index < -0.39 is 15.3 Å². The number of hydrogen-bond donors (Lipinski definition) is 0. The Morgan fingerprint density at radius 2 is 2.00 bits per heavy atom. The Morgan fingerprint density at radius 1 is 1.33 bits per heavy atom. The summed E-state index contributed by atoms with van der Waals surface area (Å²) in [4.78, 5) is 12.6. The third-order valence-electron chi connectivity index (χ3n) is 4.36. The van der Waals surface area contributed by atoms with Gasteiger partial charge in [-0.1, -0.05) is 13.8 Å². The minimum absolute atomic E-state index is 0.0940. The van der Waals surface area contributed by atoms with Gasteiger partial charge in [-0.3, -0.25) is 0 Å². The van der Waals surface area contributed by atoms with E-state index in [1.807, 2.05) is 20.8 Å². The van der Waals surface area contributed by atoms with Gasteiger partial charge in [0.2, 0.25) is 0 Å². The highest BCUT2D eigenvalue weighted by molar-refractivity contribution is 7.91. The standard InChI is InChI=1S/C16H20O4S/c1-10-12(15(17)20-8-11-4-5-11)6-7-13-14(10)16(2,3)9-21(13,18)19/h6-7,11H,4-5,8-9H2,1-3H3. The summed E-state index contributed by atoms with van der Waals surface area (Å²) in [7, 11) is -3.25. The zero-order valence-electron chi connectivity index (χ0n) is 12.6. The highest BCUT2D eigenvalue weighted by Crippen LogP contribution is 2.42. The SMILES string of the molecule is Cc1c(C(=O)OCC2CC2)ccc2c1C(C)(C)CS2(=O)=O. The van der Waals surface area contributed by atoms with Gasteiger partial charge in [-0.05, 0) is 48.9 Å². The summed E-state index contributed by atoms with van der Waals surface area (Å²) in [5.41, 5.74) is 1.52. The van der Waals surface area contributed by atoms with Crippen molar-refractivity contribution in [2.45, 2.75) is 43.9 Å². The summed E-state index contributed by atoms with van der Waals surface area (Å²) in [5.74, 6) is 0.263. The normalized spacial score (nSPS) is 21.9. The number of ether oxygens (including phenoxy) is 1. The molecule has 0 spiro atoms. The summed E-state index contributed by atoms with van der Waals surface area (Å²) in [5, 5.41) is 0. The molecule has 1 aliphatic carbocycles. The molecule has 4 nitrogen and oxygen atoms in total. The first-order valence-electron chi connectivity index (χ1n) is 7.26. The van der Waals surface area contributed by atoms with Crippen LogP contribution in [-0.2, 0) is 20.0 Å². The molecule has 2 aliphatic rings. The Morgan fingerprint density at radius 3 is 2.62 bits per heavy atom. The lowest BCUT2D eigenvalue weighted by molar-refractivity contribution is 0.0485. The first-order chi connectivity index (χ1) is 9.72. The molecule has 0 amide bonds. The molecule has 0 unspecified atom stereocenters. The minimum atomic E-state index is -3.25. The fourth-order valence-corrected chi connectivity index (χ4v) is 5.45. The zero-order chi connectivity index (χ0) is 15.4. The second-order valence-electron chi connectivity index (χ2n) is 6.80. The second kappa shape index (κ2) is 4.57. The van der Waals surface area contributed by atoms with Crippen molar-refractivity contribution in [3.05, 3.63) is 28.8 Å². The third-order valence-corrected chi connectivity index (χ3v) is 6.47. The van der Waals surface area contributed by atoms with Crippen LogP contribution >= 0.6 is 0 Å². The Labute approximate surface area is 125 Å². The van der Waals surface area contributed by atoms with E-state index >= 15 is 0 Å². The van der Waals surface area contributed by atoms with Gasteiger partial charge in [0.1, 0.15) is 0 Å². The lowest BCUT2D eigenvalue weighted by Gasteiger charge is -2.20. The molecule has 0 radical (unpaired) electrons. The van der Waals surface area contributed by atoms with Gasteiger partial charge >= 0.3 is 5.97 Å². The number of hydrogen-bond acceptors (Lipinski definition) is 4. The van der Waals surface area contributed by atoms with Gasteiger partial charge in [0, 0.05) is 5.41 Å². The van der Waals surface area contributed by atoms with E-state index in [1.165, 1.54) is 0 Å². The second-order valence-corrected chi connectivity index (χ2v) is 8.75. The topological polar surface area (TPSA) is 60.4 Å². The van der Waals surface area contributed by atoms with Gasteiger partial charge in [-0.25, -0.2) is 13.2 Å². The summed E-state index contributed by atoms with van der Waals surface area (Å²) >= 11 is 0. The van der Waals surface area contributed by atoms with Crippen molar-refractivity contribution in [2.24, 2.45) is 5.92 Å². The summed E-state index contributed by atoms with van der Waals surface area (Å²) in [6, 6.07) is 3.14. The van der Waals surface area contributed by atoms with Gasteiger partial charge in [0.15, 0.2) is 9.84 Å². The summed E-state index contributed by atoms with van der Waals surface area (Å²) in [6.07, 6.45) is 2.25. The molecule has 1 saturated carbocycles. The molecule has 1 aromatic carbocycles. The molecule has 1 aliphatic heterocycles. The van der Waals surface area contributed by atoms with Crippen LogP contribution in [-0.4, -0.2) is 26.7 Å². The third kappa shape index (κ3) is 2.48. The molecule has 0 aromatic heterocycles. The van der Waals surface area contributed by atoms with Crippen molar-refractivity contribution in [2.75, 3.05) is 12.4 Å². The van der Waals surface area contributed by atoms with E-state index in [1.54, 1.807) is 12.1 Å². The largest absolute Gasteiger partial charge is 0.462 e. The van der Waals surface area contributed by atoms with Crippen LogP contribution in [0.4, 0.5) is 0 Å². The van der Waals surface area contributed by atoms with Gasteiger partial charge in [-0.2, -0.15) is 0 Å². The highest BCUT2D eigenvalue weighted by atomic mass is 32.2. The molecule has 1 fully saturated rings. The summed E-state index contributed by atoms with van der Waals surface area (Å²) < 4.78 is 29.7. The number of benzene rings is 1. The molecular formula is C16H20O4S. The Kier molecular flexibility index (Phi) is 3.17. The van der Waals surface area contributed by atoms with Crippen LogP contribution in [0.25, 0.3) is 0 Å². The van der Waals surface area contributed by atoms with E-state index in [2.05, 4.69) is 0 Å².